The topological polar surface area (TPSA) is 69.4 Å². The van der Waals surface area contributed by atoms with Gasteiger partial charge in [0.05, 0.1) is 5.69 Å². The van der Waals surface area contributed by atoms with Crippen LogP contribution in [0.2, 0.25) is 0 Å². The van der Waals surface area contributed by atoms with Crippen molar-refractivity contribution in [2.75, 3.05) is 0 Å². The summed E-state index contributed by atoms with van der Waals surface area (Å²) in [5.74, 6) is 0.606. The standard InChI is InChI=1S/C14H12N4O2/c1-10-12(8-19)18-7-3-5-13(14(18)16-10)20-9-11-4-2-6-15-17-11/h2-8H,9H2,1H3. The average Bonchev–Trinajstić information content (AvgIpc) is 2.82. The van der Waals surface area contributed by atoms with Crippen molar-refractivity contribution >= 4 is 11.9 Å². The number of hydrogen-bond acceptors (Lipinski definition) is 5. The molecular formula is C14H12N4O2. The summed E-state index contributed by atoms with van der Waals surface area (Å²) < 4.78 is 7.43. The van der Waals surface area contributed by atoms with E-state index in [0.29, 0.717) is 29.4 Å². The Morgan fingerprint density at radius 2 is 2.25 bits per heavy atom. The summed E-state index contributed by atoms with van der Waals surface area (Å²) in [5.41, 5.74) is 2.56. The summed E-state index contributed by atoms with van der Waals surface area (Å²) >= 11 is 0. The predicted molar refractivity (Wildman–Crippen MR) is 71.7 cm³/mol. The van der Waals surface area contributed by atoms with Crippen molar-refractivity contribution in [1.29, 1.82) is 0 Å². The van der Waals surface area contributed by atoms with E-state index in [2.05, 4.69) is 15.2 Å². The fraction of sp³-hybridized carbons (Fsp3) is 0.143. The lowest BCUT2D eigenvalue weighted by Crippen LogP contribution is -2.01. The zero-order valence-electron chi connectivity index (χ0n) is 10.9. The number of aldehydes is 1. The van der Waals surface area contributed by atoms with Crippen LogP contribution in [0.1, 0.15) is 21.9 Å². The van der Waals surface area contributed by atoms with Gasteiger partial charge in [0.2, 0.25) is 0 Å². The van der Waals surface area contributed by atoms with Crippen LogP contribution in [0.3, 0.4) is 0 Å². The highest BCUT2D eigenvalue weighted by molar-refractivity contribution is 5.77. The highest BCUT2D eigenvalue weighted by Gasteiger charge is 2.11. The van der Waals surface area contributed by atoms with Crippen LogP contribution in [-0.2, 0) is 6.61 Å². The van der Waals surface area contributed by atoms with E-state index in [4.69, 9.17) is 4.74 Å². The van der Waals surface area contributed by atoms with Crippen LogP contribution in [-0.4, -0.2) is 25.9 Å². The molecule has 0 fully saturated rings. The number of carbonyl (C=O) groups is 1. The quantitative estimate of drug-likeness (QED) is 0.675. The van der Waals surface area contributed by atoms with Gasteiger partial charge in [0.1, 0.15) is 18.0 Å². The zero-order chi connectivity index (χ0) is 13.9. The van der Waals surface area contributed by atoms with E-state index >= 15 is 0 Å². The Morgan fingerprint density at radius 1 is 1.35 bits per heavy atom. The second-order valence-electron chi connectivity index (χ2n) is 4.27. The molecule has 3 heterocycles. The molecule has 0 saturated heterocycles. The first-order valence-electron chi connectivity index (χ1n) is 6.12. The minimum absolute atomic E-state index is 0.301. The van der Waals surface area contributed by atoms with Crippen LogP contribution in [0, 0.1) is 6.92 Å². The lowest BCUT2D eigenvalue weighted by Gasteiger charge is -2.06. The summed E-state index contributed by atoms with van der Waals surface area (Å²) in [4.78, 5) is 15.4. The van der Waals surface area contributed by atoms with Crippen LogP contribution < -0.4 is 4.74 Å². The molecular weight excluding hydrogens is 256 g/mol. The molecule has 0 unspecified atom stereocenters. The van der Waals surface area contributed by atoms with Crippen molar-refractivity contribution in [3.8, 4) is 5.75 Å². The molecule has 0 saturated carbocycles. The Morgan fingerprint density at radius 3 is 3.00 bits per heavy atom. The Balaban J connectivity index is 1.94. The number of rotatable bonds is 4. The summed E-state index contributed by atoms with van der Waals surface area (Å²) in [5, 5.41) is 7.75. The minimum Gasteiger partial charge on any atom is -0.483 e. The van der Waals surface area contributed by atoms with E-state index in [0.717, 1.165) is 12.0 Å². The zero-order valence-corrected chi connectivity index (χ0v) is 10.9. The van der Waals surface area contributed by atoms with Crippen LogP contribution in [0.5, 0.6) is 5.75 Å². The molecule has 0 bridgehead atoms. The molecule has 0 aliphatic heterocycles. The van der Waals surface area contributed by atoms with E-state index in [9.17, 15) is 4.79 Å². The molecule has 3 aromatic rings. The maximum Gasteiger partial charge on any atom is 0.180 e. The molecule has 0 atom stereocenters. The van der Waals surface area contributed by atoms with E-state index in [1.165, 1.54) is 0 Å². The van der Waals surface area contributed by atoms with Gasteiger partial charge in [0.25, 0.3) is 0 Å². The fourth-order valence-corrected chi connectivity index (χ4v) is 1.99. The van der Waals surface area contributed by atoms with Crippen molar-refractivity contribution < 1.29 is 9.53 Å². The monoisotopic (exact) mass is 268 g/mol. The van der Waals surface area contributed by atoms with Crippen molar-refractivity contribution in [1.82, 2.24) is 19.6 Å². The third kappa shape index (κ3) is 2.11. The third-order valence-electron chi connectivity index (χ3n) is 2.95. The molecule has 100 valence electrons. The number of ether oxygens (including phenoxy) is 1. The first-order chi connectivity index (χ1) is 9.79. The first-order valence-corrected chi connectivity index (χ1v) is 6.12. The minimum atomic E-state index is 0.301. The molecule has 3 rings (SSSR count). The SMILES string of the molecule is Cc1nc2c(OCc3cccnn3)cccn2c1C=O. The molecule has 6 nitrogen and oxygen atoms in total. The number of imidazole rings is 1. The molecule has 20 heavy (non-hydrogen) atoms. The Bertz CT molecular complexity index is 752. The lowest BCUT2D eigenvalue weighted by molar-refractivity contribution is 0.111. The second kappa shape index (κ2) is 5.08. The number of nitrogens with zero attached hydrogens (tertiary/aromatic N) is 4. The highest BCUT2D eigenvalue weighted by Crippen LogP contribution is 2.21. The molecule has 0 aromatic carbocycles. The summed E-state index contributed by atoms with van der Waals surface area (Å²) in [6.45, 7) is 2.10. The average molecular weight is 268 g/mol. The van der Waals surface area contributed by atoms with Gasteiger partial charge in [-0.2, -0.15) is 10.2 Å². The number of hydrogen-bond donors (Lipinski definition) is 0. The molecule has 3 aromatic heterocycles. The van der Waals surface area contributed by atoms with Crippen molar-refractivity contribution in [2.45, 2.75) is 13.5 Å². The van der Waals surface area contributed by atoms with Gasteiger partial charge in [-0.15, -0.1) is 0 Å². The molecule has 6 heteroatoms. The Hall–Kier alpha value is -2.76. The number of pyridine rings is 1. The van der Waals surface area contributed by atoms with Gasteiger partial charge >= 0.3 is 0 Å². The number of aromatic nitrogens is 4. The lowest BCUT2D eigenvalue weighted by atomic mass is 10.4. The third-order valence-corrected chi connectivity index (χ3v) is 2.95. The van der Waals surface area contributed by atoms with E-state index in [1.807, 2.05) is 18.2 Å². The smallest absolute Gasteiger partial charge is 0.180 e. The number of aryl methyl sites for hydroxylation is 1. The van der Waals surface area contributed by atoms with Crippen LogP contribution in [0.4, 0.5) is 0 Å². The van der Waals surface area contributed by atoms with Crippen LogP contribution >= 0.6 is 0 Å². The van der Waals surface area contributed by atoms with E-state index < -0.39 is 0 Å². The number of carbonyl (C=O) groups excluding carboxylic acids is 1. The molecule has 0 amide bonds. The molecule has 0 N–H and O–H groups in total. The fourth-order valence-electron chi connectivity index (χ4n) is 1.99. The largest absolute Gasteiger partial charge is 0.483 e. The second-order valence-corrected chi connectivity index (χ2v) is 4.27. The van der Waals surface area contributed by atoms with E-state index in [1.54, 1.807) is 29.8 Å². The van der Waals surface area contributed by atoms with Crippen molar-refractivity contribution in [2.24, 2.45) is 0 Å². The van der Waals surface area contributed by atoms with Crippen LogP contribution in [0.15, 0.2) is 36.7 Å². The normalized spacial score (nSPS) is 10.7. The van der Waals surface area contributed by atoms with Crippen LogP contribution in [0.25, 0.3) is 5.65 Å². The van der Waals surface area contributed by atoms with Gasteiger partial charge in [-0.25, -0.2) is 4.98 Å². The Labute approximate surface area is 115 Å². The predicted octanol–water partition coefficient (Wildman–Crippen LogP) is 1.82. The highest BCUT2D eigenvalue weighted by atomic mass is 16.5. The van der Waals surface area contributed by atoms with Crippen molar-refractivity contribution in [3.05, 3.63) is 53.7 Å². The van der Waals surface area contributed by atoms with Gasteiger partial charge in [0.15, 0.2) is 17.7 Å². The van der Waals surface area contributed by atoms with Gasteiger partial charge in [-0.3, -0.25) is 9.20 Å². The molecule has 0 radical (unpaired) electrons. The maximum atomic E-state index is 11.1. The summed E-state index contributed by atoms with van der Waals surface area (Å²) in [7, 11) is 0. The number of fused-ring (bicyclic) bond motifs is 1. The van der Waals surface area contributed by atoms with Gasteiger partial charge < -0.3 is 4.74 Å². The molecule has 0 aliphatic rings. The van der Waals surface area contributed by atoms with Gasteiger partial charge in [-0.1, -0.05) is 0 Å². The first kappa shape index (κ1) is 12.3. The molecule has 0 aliphatic carbocycles. The van der Waals surface area contributed by atoms with Gasteiger partial charge in [-0.05, 0) is 31.2 Å². The molecule has 0 spiro atoms. The maximum absolute atomic E-state index is 11.1. The van der Waals surface area contributed by atoms with Crippen molar-refractivity contribution in [3.63, 3.8) is 0 Å². The Kier molecular flexibility index (Phi) is 3.12. The van der Waals surface area contributed by atoms with E-state index in [-0.39, 0.29) is 0 Å². The summed E-state index contributed by atoms with van der Waals surface area (Å²) in [6.07, 6.45) is 4.19. The summed E-state index contributed by atoms with van der Waals surface area (Å²) in [6, 6.07) is 7.26. The van der Waals surface area contributed by atoms with Gasteiger partial charge in [0, 0.05) is 12.4 Å².